The molecular formula is C17H15FN2O. The number of fused-ring (bicyclic) bond motifs is 1. The number of hydrogen-bond acceptors (Lipinski definition) is 3. The summed E-state index contributed by atoms with van der Waals surface area (Å²) in [5.41, 5.74) is 9.12. The molecule has 0 fully saturated rings. The van der Waals surface area contributed by atoms with Crippen molar-refractivity contribution < 1.29 is 9.13 Å². The van der Waals surface area contributed by atoms with Crippen LogP contribution in [0.5, 0.6) is 5.75 Å². The van der Waals surface area contributed by atoms with E-state index in [1.165, 1.54) is 17.2 Å². The maximum absolute atomic E-state index is 13.8. The molecule has 2 N–H and O–H groups in total. The monoisotopic (exact) mass is 282 g/mol. The van der Waals surface area contributed by atoms with Crippen molar-refractivity contribution >= 4 is 0 Å². The Morgan fingerprint density at radius 2 is 2.14 bits per heavy atom. The Morgan fingerprint density at radius 1 is 1.29 bits per heavy atom. The van der Waals surface area contributed by atoms with Gasteiger partial charge < -0.3 is 10.5 Å². The van der Waals surface area contributed by atoms with Gasteiger partial charge in [0, 0.05) is 11.6 Å². The summed E-state index contributed by atoms with van der Waals surface area (Å²) in [4.78, 5) is 0. The lowest BCUT2D eigenvalue weighted by Crippen LogP contribution is -2.05. The number of ether oxygens (including phenoxy) is 1. The van der Waals surface area contributed by atoms with Gasteiger partial charge in [0.2, 0.25) is 0 Å². The van der Waals surface area contributed by atoms with E-state index in [0.717, 1.165) is 12.8 Å². The predicted octanol–water partition coefficient (Wildman–Crippen LogP) is 3.22. The van der Waals surface area contributed by atoms with E-state index in [2.05, 4.69) is 0 Å². The van der Waals surface area contributed by atoms with E-state index in [9.17, 15) is 4.39 Å². The highest BCUT2D eigenvalue weighted by molar-refractivity contribution is 5.40. The minimum atomic E-state index is -0.419. The Bertz CT molecular complexity index is 721. The first-order chi connectivity index (χ1) is 10.2. The topological polar surface area (TPSA) is 59.0 Å². The van der Waals surface area contributed by atoms with Gasteiger partial charge in [0.15, 0.2) is 0 Å². The molecule has 0 heterocycles. The third kappa shape index (κ3) is 2.74. The van der Waals surface area contributed by atoms with Crippen LogP contribution in [0.4, 0.5) is 4.39 Å². The van der Waals surface area contributed by atoms with E-state index in [1.54, 1.807) is 12.1 Å². The smallest absolute Gasteiger partial charge is 0.131 e. The molecule has 0 saturated carbocycles. The van der Waals surface area contributed by atoms with E-state index in [1.807, 2.05) is 24.3 Å². The van der Waals surface area contributed by atoms with Gasteiger partial charge in [0.25, 0.3) is 0 Å². The Hall–Kier alpha value is -2.38. The third-order valence-electron chi connectivity index (χ3n) is 3.82. The fraction of sp³-hybridized carbons (Fsp3) is 0.235. The van der Waals surface area contributed by atoms with Crippen molar-refractivity contribution in [1.29, 1.82) is 5.26 Å². The molecule has 106 valence electrons. The first-order valence-electron chi connectivity index (χ1n) is 6.87. The number of nitriles is 1. The van der Waals surface area contributed by atoms with Crippen molar-refractivity contribution in [2.45, 2.75) is 25.5 Å². The minimum absolute atomic E-state index is 0.116. The van der Waals surface area contributed by atoms with Crippen LogP contribution in [0.25, 0.3) is 0 Å². The number of nitrogens with two attached hydrogens (primary N) is 1. The van der Waals surface area contributed by atoms with Crippen LogP contribution < -0.4 is 10.5 Å². The molecule has 2 aromatic carbocycles. The molecule has 3 nitrogen and oxygen atoms in total. The summed E-state index contributed by atoms with van der Waals surface area (Å²) in [6.45, 7) is 0.141. The molecule has 4 heteroatoms. The fourth-order valence-electron chi connectivity index (χ4n) is 2.61. The van der Waals surface area contributed by atoms with E-state index < -0.39 is 5.82 Å². The second kappa shape index (κ2) is 5.55. The summed E-state index contributed by atoms with van der Waals surface area (Å²) in [7, 11) is 0. The summed E-state index contributed by atoms with van der Waals surface area (Å²) >= 11 is 0. The van der Waals surface area contributed by atoms with Gasteiger partial charge in [-0.05, 0) is 48.2 Å². The van der Waals surface area contributed by atoms with Gasteiger partial charge in [-0.3, -0.25) is 0 Å². The minimum Gasteiger partial charge on any atom is -0.489 e. The molecule has 0 spiro atoms. The zero-order chi connectivity index (χ0) is 14.8. The normalized spacial score (nSPS) is 16.3. The molecule has 1 atom stereocenters. The molecule has 1 aliphatic rings. The number of rotatable bonds is 3. The summed E-state index contributed by atoms with van der Waals surface area (Å²) in [5, 5.41) is 8.71. The zero-order valence-electron chi connectivity index (χ0n) is 11.5. The summed E-state index contributed by atoms with van der Waals surface area (Å²) in [5.74, 6) is 0.295. The molecular weight excluding hydrogens is 267 g/mol. The molecule has 0 aromatic heterocycles. The Morgan fingerprint density at radius 3 is 2.90 bits per heavy atom. The van der Waals surface area contributed by atoms with E-state index in [0.29, 0.717) is 16.9 Å². The van der Waals surface area contributed by atoms with E-state index in [-0.39, 0.29) is 12.6 Å². The van der Waals surface area contributed by atoms with Gasteiger partial charge >= 0.3 is 0 Å². The number of aryl methyl sites for hydroxylation is 1. The molecule has 0 radical (unpaired) electrons. The van der Waals surface area contributed by atoms with Crippen molar-refractivity contribution in [2.24, 2.45) is 5.73 Å². The highest BCUT2D eigenvalue weighted by Crippen LogP contribution is 2.32. The number of nitrogens with zero attached hydrogens (tertiary/aromatic N) is 1. The van der Waals surface area contributed by atoms with Crippen LogP contribution in [0.1, 0.15) is 34.7 Å². The van der Waals surface area contributed by atoms with Crippen LogP contribution in [0, 0.1) is 17.1 Å². The SMILES string of the molecule is N#Cc1ccc(COc2ccc3c(c2)CC[C@H]3N)c(F)c1. The Balaban J connectivity index is 1.72. The van der Waals surface area contributed by atoms with Gasteiger partial charge in [-0.1, -0.05) is 12.1 Å². The van der Waals surface area contributed by atoms with Gasteiger partial charge in [-0.2, -0.15) is 5.26 Å². The van der Waals surface area contributed by atoms with Crippen LogP contribution >= 0.6 is 0 Å². The second-order valence-electron chi connectivity index (χ2n) is 5.21. The molecule has 0 amide bonds. The molecule has 0 bridgehead atoms. The highest BCUT2D eigenvalue weighted by Gasteiger charge is 2.19. The van der Waals surface area contributed by atoms with Crippen LogP contribution in [0.3, 0.4) is 0 Å². The predicted molar refractivity (Wildman–Crippen MR) is 77.1 cm³/mol. The van der Waals surface area contributed by atoms with Crippen LogP contribution in [-0.4, -0.2) is 0 Å². The van der Waals surface area contributed by atoms with Crippen molar-refractivity contribution in [1.82, 2.24) is 0 Å². The van der Waals surface area contributed by atoms with Crippen LogP contribution in [-0.2, 0) is 13.0 Å². The quantitative estimate of drug-likeness (QED) is 0.940. The van der Waals surface area contributed by atoms with Gasteiger partial charge in [0.05, 0.1) is 11.6 Å². The van der Waals surface area contributed by atoms with Crippen LogP contribution in [0.2, 0.25) is 0 Å². The van der Waals surface area contributed by atoms with Crippen molar-refractivity contribution in [3.05, 3.63) is 64.5 Å². The number of benzene rings is 2. The standard InChI is InChI=1S/C17H15FN2O/c18-16-7-11(9-19)1-2-13(16)10-21-14-4-5-15-12(8-14)3-6-17(15)20/h1-2,4-5,7-8,17H,3,6,10,20H2/t17-/m1/s1. The lowest BCUT2D eigenvalue weighted by molar-refractivity contribution is 0.299. The molecule has 0 unspecified atom stereocenters. The number of halogens is 1. The molecule has 0 aliphatic heterocycles. The summed E-state index contributed by atoms with van der Waals surface area (Å²) < 4.78 is 19.4. The third-order valence-corrected chi connectivity index (χ3v) is 3.82. The Labute approximate surface area is 122 Å². The molecule has 3 rings (SSSR count). The van der Waals surface area contributed by atoms with Gasteiger partial charge in [-0.15, -0.1) is 0 Å². The number of hydrogen-bond donors (Lipinski definition) is 1. The zero-order valence-corrected chi connectivity index (χ0v) is 11.5. The largest absolute Gasteiger partial charge is 0.489 e. The van der Waals surface area contributed by atoms with Crippen molar-refractivity contribution in [3.63, 3.8) is 0 Å². The maximum atomic E-state index is 13.8. The lowest BCUT2D eigenvalue weighted by Gasteiger charge is -2.10. The summed E-state index contributed by atoms with van der Waals surface area (Å²) in [6.07, 6.45) is 1.92. The van der Waals surface area contributed by atoms with Crippen molar-refractivity contribution in [3.8, 4) is 11.8 Å². The van der Waals surface area contributed by atoms with Gasteiger partial charge in [-0.25, -0.2) is 4.39 Å². The first kappa shape index (κ1) is 13.6. The Kier molecular flexibility index (Phi) is 3.59. The summed E-state index contributed by atoms with van der Waals surface area (Å²) in [6, 6.07) is 12.2. The molecule has 2 aromatic rings. The van der Waals surface area contributed by atoms with Crippen LogP contribution in [0.15, 0.2) is 36.4 Å². The second-order valence-corrected chi connectivity index (χ2v) is 5.21. The molecule has 21 heavy (non-hydrogen) atoms. The highest BCUT2D eigenvalue weighted by atomic mass is 19.1. The molecule has 0 saturated heterocycles. The first-order valence-corrected chi connectivity index (χ1v) is 6.87. The van der Waals surface area contributed by atoms with Crippen molar-refractivity contribution in [2.75, 3.05) is 0 Å². The lowest BCUT2D eigenvalue weighted by atomic mass is 10.1. The fourth-order valence-corrected chi connectivity index (χ4v) is 2.61. The molecule has 1 aliphatic carbocycles. The van der Waals surface area contributed by atoms with Gasteiger partial charge in [0.1, 0.15) is 18.2 Å². The van der Waals surface area contributed by atoms with E-state index >= 15 is 0 Å². The average Bonchev–Trinajstić information content (AvgIpc) is 2.87. The van der Waals surface area contributed by atoms with E-state index in [4.69, 9.17) is 15.7 Å². The average molecular weight is 282 g/mol. The maximum Gasteiger partial charge on any atom is 0.131 e.